The lowest BCUT2D eigenvalue weighted by molar-refractivity contribution is -0.141. The molecule has 0 aromatic heterocycles. The molecular weight excluding hydrogens is 330 g/mol. The first-order valence-corrected chi connectivity index (χ1v) is 9.52. The Bertz CT molecular complexity index is 691. The van der Waals surface area contributed by atoms with Crippen LogP contribution in [0.15, 0.2) is 30.3 Å². The average Bonchev–Trinajstić information content (AvgIpc) is 2.93. The third kappa shape index (κ3) is 3.08. The number of nitrogens with one attached hydrogen (secondary N) is 1. The maximum Gasteiger partial charge on any atom is 0.325 e. The molecule has 6 nitrogen and oxygen atoms in total. The second-order valence-corrected chi connectivity index (χ2v) is 7.09. The first-order valence-electron chi connectivity index (χ1n) is 9.52. The number of benzene rings is 1. The predicted octanol–water partition coefficient (Wildman–Crippen LogP) is 2.63. The van der Waals surface area contributed by atoms with Crippen LogP contribution in [-0.2, 0) is 15.1 Å². The van der Waals surface area contributed by atoms with Crippen LogP contribution in [-0.4, -0.2) is 46.8 Å². The molecule has 2 aliphatic heterocycles. The lowest BCUT2D eigenvalue weighted by Crippen LogP contribution is -2.49. The molecule has 2 fully saturated rings. The molecule has 0 unspecified atom stereocenters. The van der Waals surface area contributed by atoms with Gasteiger partial charge in [-0.05, 0) is 37.7 Å². The molecule has 26 heavy (non-hydrogen) atoms. The van der Waals surface area contributed by atoms with Crippen LogP contribution in [0.5, 0.6) is 0 Å². The predicted molar refractivity (Wildman–Crippen MR) is 98.3 cm³/mol. The van der Waals surface area contributed by atoms with Crippen molar-refractivity contribution < 1.29 is 14.4 Å². The summed E-state index contributed by atoms with van der Waals surface area (Å²) in [6.45, 7) is 4.46. The van der Waals surface area contributed by atoms with Crippen molar-refractivity contribution in [1.82, 2.24) is 15.1 Å². The Morgan fingerprint density at radius 1 is 1.19 bits per heavy atom. The van der Waals surface area contributed by atoms with Crippen molar-refractivity contribution >= 4 is 17.8 Å². The number of imide groups is 1. The highest BCUT2D eigenvalue weighted by atomic mass is 16.2. The number of carbonyl (C=O) groups excluding carboxylic acids is 3. The summed E-state index contributed by atoms with van der Waals surface area (Å²) in [6, 6.07) is 8.96. The van der Waals surface area contributed by atoms with Gasteiger partial charge in [-0.2, -0.15) is 0 Å². The lowest BCUT2D eigenvalue weighted by Gasteiger charge is -2.36. The fourth-order valence-electron chi connectivity index (χ4n) is 4.11. The van der Waals surface area contributed by atoms with Crippen LogP contribution < -0.4 is 5.32 Å². The van der Waals surface area contributed by atoms with Crippen molar-refractivity contribution in [3.05, 3.63) is 35.9 Å². The summed E-state index contributed by atoms with van der Waals surface area (Å²) in [4.78, 5) is 41.4. The second kappa shape index (κ2) is 7.48. The minimum absolute atomic E-state index is 0.139. The van der Waals surface area contributed by atoms with Gasteiger partial charge in [0.05, 0.1) is 0 Å². The van der Waals surface area contributed by atoms with E-state index in [1.165, 1.54) is 0 Å². The zero-order valence-corrected chi connectivity index (χ0v) is 15.5. The molecule has 0 spiro atoms. The van der Waals surface area contributed by atoms with Crippen molar-refractivity contribution in [1.29, 1.82) is 0 Å². The highest BCUT2D eigenvalue weighted by Crippen LogP contribution is 2.32. The van der Waals surface area contributed by atoms with Gasteiger partial charge in [0.15, 0.2) is 0 Å². The van der Waals surface area contributed by atoms with Crippen LogP contribution in [0.2, 0.25) is 0 Å². The van der Waals surface area contributed by atoms with E-state index < -0.39 is 11.6 Å². The lowest BCUT2D eigenvalue weighted by atomic mass is 9.87. The molecule has 2 aliphatic rings. The summed E-state index contributed by atoms with van der Waals surface area (Å²) in [5.41, 5.74) is -0.329. The van der Waals surface area contributed by atoms with Gasteiger partial charge < -0.3 is 10.2 Å². The maximum atomic E-state index is 13.1. The summed E-state index contributed by atoms with van der Waals surface area (Å²) in [7, 11) is 0. The summed E-state index contributed by atoms with van der Waals surface area (Å²) >= 11 is 0. The van der Waals surface area contributed by atoms with Gasteiger partial charge in [-0.1, -0.05) is 44.2 Å². The monoisotopic (exact) mass is 357 g/mol. The summed E-state index contributed by atoms with van der Waals surface area (Å²) in [6.07, 6.45) is 4.43. The van der Waals surface area contributed by atoms with E-state index in [2.05, 4.69) is 12.2 Å². The Morgan fingerprint density at radius 2 is 1.92 bits per heavy atom. The van der Waals surface area contributed by atoms with Gasteiger partial charge in [-0.15, -0.1) is 0 Å². The number of piperidine rings is 1. The number of carbonyl (C=O) groups is 3. The number of amides is 4. The number of urea groups is 1. The summed E-state index contributed by atoms with van der Waals surface area (Å²) < 4.78 is 0. The van der Waals surface area contributed by atoms with Crippen molar-refractivity contribution in [2.75, 3.05) is 13.1 Å². The topological polar surface area (TPSA) is 69.7 Å². The highest BCUT2D eigenvalue weighted by molar-refractivity contribution is 6.09. The van der Waals surface area contributed by atoms with Crippen molar-refractivity contribution in [3.63, 3.8) is 0 Å². The Balaban J connectivity index is 1.80. The fourth-order valence-corrected chi connectivity index (χ4v) is 4.11. The summed E-state index contributed by atoms with van der Waals surface area (Å²) in [5.74, 6) is -0.477. The SMILES string of the molecule is CC[C@H]1CCCCN1C(=O)CN1C(=O)N[C@@](CC)(c2ccccc2)C1=O. The molecule has 2 heterocycles. The Hall–Kier alpha value is -2.37. The van der Waals surface area contributed by atoms with E-state index in [0.29, 0.717) is 13.0 Å². The molecule has 0 bridgehead atoms. The molecule has 3 rings (SSSR count). The van der Waals surface area contributed by atoms with E-state index in [1.807, 2.05) is 42.2 Å². The van der Waals surface area contributed by atoms with Crippen LogP contribution >= 0.6 is 0 Å². The molecule has 0 saturated carbocycles. The first kappa shape index (κ1) is 18.4. The quantitative estimate of drug-likeness (QED) is 0.824. The van der Waals surface area contributed by atoms with Crippen LogP contribution in [0.25, 0.3) is 0 Å². The van der Waals surface area contributed by atoms with E-state index in [9.17, 15) is 14.4 Å². The highest BCUT2D eigenvalue weighted by Gasteiger charge is 2.51. The van der Waals surface area contributed by atoms with Gasteiger partial charge in [0.1, 0.15) is 12.1 Å². The van der Waals surface area contributed by atoms with Gasteiger partial charge in [0.25, 0.3) is 5.91 Å². The standard InChI is InChI=1S/C20H27N3O3/c1-3-16-12-8-9-13-22(16)17(24)14-23-18(25)20(4-2,21-19(23)26)15-10-6-5-7-11-15/h5-7,10-11,16H,3-4,8-9,12-14H2,1-2H3,(H,21,26)/t16-,20-/m0/s1. The number of nitrogens with zero attached hydrogens (tertiary/aromatic N) is 2. The van der Waals surface area contributed by atoms with Crippen LogP contribution in [0.4, 0.5) is 4.79 Å². The van der Waals surface area contributed by atoms with Crippen LogP contribution in [0, 0.1) is 0 Å². The van der Waals surface area contributed by atoms with Crippen LogP contribution in [0.3, 0.4) is 0 Å². The molecular formula is C20H27N3O3. The van der Waals surface area contributed by atoms with E-state index in [0.717, 1.165) is 36.1 Å². The van der Waals surface area contributed by atoms with Gasteiger partial charge in [-0.25, -0.2) is 4.79 Å². The van der Waals surface area contributed by atoms with E-state index >= 15 is 0 Å². The Labute approximate surface area is 154 Å². The molecule has 6 heteroatoms. The van der Waals surface area contributed by atoms with Crippen molar-refractivity contribution in [3.8, 4) is 0 Å². The minimum Gasteiger partial charge on any atom is -0.338 e. The number of hydrogen-bond acceptors (Lipinski definition) is 3. The van der Waals surface area contributed by atoms with Crippen LogP contribution in [0.1, 0.15) is 51.5 Å². The molecule has 2 atom stereocenters. The normalized spacial score (nSPS) is 26.2. The molecule has 1 N–H and O–H groups in total. The first-order chi connectivity index (χ1) is 12.5. The zero-order chi connectivity index (χ0) is 18.7. The minimum atomic E-state index is -1.08. The third-order valence-corrected chi connectivity index (χ3v) is 5.68. The number of likely N-dealkylation sites (tertiary alicyclic amines) is 1. The van der Waals surface area contributed by atoms with Gasteiger partial charge >= 0.3 is 6.03 Å². The molecule has 0 radical (unpaired) electrons. The zero-order valence-electron chi connectivity index (χ0n) is 15.5. The molecule has 1 aromatic rings. The summed E-state index contributed by atoms with van der Waals surface area (Å²) in [5, 5.41) is 2.83. The van der Waals surface area contributed by atoms with Gasteiger partial charge in [0, 0.05) is 12.6 Å². The van der Waals surface area contributed by atoms with Crippen molar-refractivity contribution in [2.45, 2.75) is 57.5 Å². The maximum absolute atomic E-state index is 13.1. The largest absolute Gasteiger partial charge is 0.338 e. The van der Waals surface area contributed by atoms with Gasteiger partial charge in [0.2, 0.25) is 5.91 Å². The third-order valence-electron chi connectivity index (χ3n) is 5.68. The number of rotatable bonds is 5. The molecule has 1 aromatic carbocycles. The molecule has 2 saturated heterocycles. The number of hydrogen-bond donors (Lipinski definition) is 1. The van der Waals surface area contributed by atoms with E-state index in [4.69, 9.17) is 0 Å². The fraction of sp³-hybridized carbons (Fsp3) is 0.550. The molecule has 0 aliphatic carbocycles. The van der Waals surface area contributed by atoms with E-state index in [-0.39, 0.29) is 24.4 Å². The van der Waals surface area contributed by atoms with Gasteiger partial charge in [-0.3, -0.25) is 14.5 Å². The smallest absolute Gasteiger partial charge is 0.325 e. The van der Waals surface area contributed by atoms with E-state index in [1.54, 1.807) is 0 Å². The Morgan fingerprint density at radius 3 is 2.58 bits per heavy atom. The second-order valence-electron chi connectivity index (χ2n) is 7.09. The average molecular weight is 357 g/mol. The van der Waals surface area contributed by atoms with Crippen molar-refractivity contribution in [2.24, 2.45) is 0 Å². The molecule has 4 amide bonds. The molecule has 140 valence electrons. The Kier molecular flexibility index (Phi) is 5.30.